The summed E-state index contributed by atoms with van der Waals surface area (Å²) in [5, 5.41) is 5.78. The van der Waals surface area contributed by atoms with Crippen LogP contribution in [-0.2, 0) is 4.79 Å². The highest BCUT2D eigenvalue weighted by Gasteiger charge is 2.11. The summed E-state index contributed by atoms with van der Waals surface area (Å²) in [4.78, 5) is 11.5. The predicted molar refractivity (Wildman–Crippen MR) is 63.1 cm³/mol. The number of hydrogen-bond donors (Lipinski definition) is 2. The Morgan fingerprint density at radius 3 is 2.94 bits per heavy atom. The number of rotatable bonds is 6. The number of aryl methyl sites for hydroxylation is 1. The molecule has 0 aliphatic carbocycles. The molecular formula is C12H18N2O2. The van der Waals surface area contributed by atoms with E-state index in [9.17, 15) is 4.79 Å². The van der Waals surface area contributed by atoms with Crippen LogP contribution in [0.4, 0.5) is 0 Å². The van der Waals surface area contributed by atoms with Crippen LogP contribution in [0, 0.1) is 6.92 Å². The number of carbonyl (C=O) groups is 1. The summed E-state index contributed by atoms with van der Waals surface area (Å²) in [5.41, 5.74) is 0. The van der Waals surface area contributed by atoms with Crippen LogP contribution in [-0.4, -0.2) is 19.0 Å². The summed E-state index contributed by atoms with van der Waals surface area (Å²) in [6.07, 6.45) is 1.71. The molecule has 0 saturated heterocycles. The highest BCUT2D eigenvalue weighted by Crippen LogP contribution is 2.14. The topological polar surface area (TPSA) is 54.3 Å². The van der Waals surface area contributed by atoms with Crippen molar-refractivity contribution in [3.63, 3.8) is 0 Å². The van der Waals surface area contributed by atoms with Gasteiger partial charge in [-0.25, -0.2) is 0 Å². The van der Waals surface area contributed by atoms with E-state index in [1.807, 2.05) is 26.0 Å². The average Bonchev–Trinajstić information content (AvgIpc) is 2.65. The molecule has 0 radical (unpaired) electrons. The maximum absolute atomic E-state index is 11.5. The van der Waals surface area contributed by atoms with Gasteiger partial charge in [-0.1, -0.05) is 6.08 Å². The van der Waals surface area contributed by atoms with Gasteiger partial charge in [-0.3, -0.25) is 4.79 Å². The molecule has 1 atom stereocenters. The molecule has 0 spiro atoms. The Bertz CT molecular complexity index is 358. The fraction of sp³-hybridized carbons (Fsp3) is 0.417. The lowest BCUT2D eigenvalue weighted by Crippen LogP contribution is -2.35. The van der Waals surface area contributed by atoms with Crippen molar-refractivity contribution in [1.29, 1.82) is 0 Å². The van der Waals surface area contributed by atoms with Crippen molar-refractivity contribution >= 4 is 5.91 Å². The zero-order valence-electron chi connectivity index (χ0n) is 9.75. The third kappa shape index (κ3) is 3.90. The van der Waals surface area contributed by atoms with E-state index in [0.717, 1.165) is 11.5 Å². The molecule has 4 nitrogen and oxygen atoms in total. The average molecular weight is 222 g/mol. The van der Waals surface area contributed by atoms with E-state index in [1.165, 1.54) is 0 Å². The Labute approximate surface area is 95.7 Å². The van der Waals surface area contributed by atoms with Gasteiger partial charge in [0, 0.05) is 6.54 Å². The molecule has 1 aromatic rings. The van der Waals surface area contributed by atoms with E-state index in [2.05, 4.69) is 17.2 Å². The fourth-order valence-electron chi connectivity index (χ4n) is 1.34. The highest BCUT2D eigenvalue weighted by atomic mass is 16.3. The van der Waals surface area contributed by atoms with Gasteiger partial charge in [-0.15, -0.1) is 6.58 Å². The molecule has 1 aromatic heterocycles. The van der Waals surface area contributed by atoms with Crippen LogP contribution >= 0.6 is 0 Å². The van der Waals surface area contributed by atoms with Gasteiger partial charge in [0.05, 0.1) is 12.6 Å². The summed E-state index contributed by atoms with van der Waals surface area (Å²) < 4.78 is 5.42. The molecular weight excluding hydrogens is 204 g/mol. The van der Waals surface area contributed by atoms with Crippen molar-refractivity contribution in [3.8, 4) is 0 Å². The maximum Gasteiger partial charge on any atom is 0.234 e. The van der Waals surface area contributed by atoms with Crippen molar-refractivity contribution in [2.75, 3.05) is 13.1 Å². The van der Waals surface area contributed by atoms with E-state index in [4.69, 9.17) is 4.42 Å². The van der Waals surface area contributed by atoms with Crippen molar-refractivity contribution in [2.45, 2.75) is 19.9 Å². The Morgan fingerprint density at radius 2 is 2.38 bits per heavy atom. The summed E-state index contributed by atoms with van der Waals surface area (Å²) in [7, 11) is 0. The van der Waals surface area contributed by atoms with Crippen molar-refractivity contribution in [2.24, 2.45) is 0 Å². The molecule has 4 heteroatoms. The van der Waals surface area contributed by atoms with Crippen molar-refractivity contribution in [3.05, 3.63) is 36.3 Å². The zero-order chi connectivity index (χ0) is 12.0. The van der Waals surface area contributed by atoms with Crippen LogP contribution in [0.1, 0.15) is 24.5 Å². The molecule has 1 unspecified atom stereocenters. The van der Waals surface area contributed by atoms with E-state index in [0.29, 0.717) is 6.54 Å². The third-order valence-corrected chi connectivity index (χ3v) is 2.14. The van der Waals surface area contributed by atoms with Crippen LogP contribution < -0.4 is 10.6 Å². The summed E-state index contributed by atoms with van der Waals surface area (Å²) in [6, 6.07) is 3.65. The van der Waals surface area contributed by atoms with Crippen LogP contribution in [0.15, 0.2) is 29.2 Å². The molecule has 16 heavy (non-hydrogen) atoms. The molecule has 1 rings (SSSR count). The van der Waals surface area contributed by atoms with Crippen LogP contribution in [0.25, 0.3) is 0 Å². The van der Waals surface area contributed by atoms with Gasteiger partial charge in [-0.2, -0.15) is 0 Å². The quantitative estimate of drug-likeness (QED) is 0.567. The Balaban J connectivity index is 2.36. The molecule has 0 saturated carbocycles. The minimum atomic E-state index is -0.105. The van der Waals surface area contributed by atoms with E-state index in [-0.39, 0.29) is 18.5 Å². The molecule has 1 heterocycles. The monoisotopic (exact) mass is 222 g/mol. The van der Waals surface area contributed by atoms with Gasteiger partial charge in [0.15, 0.2) is 0 Å². The first kappa shape index (κ1) is 12.5. The fourth-order valence-corrected chi connectivity index (χ4v) is 1.34. The lowest BCUT2D eigenvalue weighted by Gasteiger charge is -2.11. The van der Waals surface area contributed by atoms with Gasteiger partial charge in [-0.05, 0) is 26.0 Å². The second-order valence-electron chi connectivity index (χ2n) is 3.66. The zero-order valence-corrected chi connectivity index (χ0v) is 9.75. The Morgan fingerprint density at radius 1 is 1.62 bits per heavy atom. The lowest BCUT2D eigenvalue weighted by molar-refractivity contribution is -0.120. The van der Waals surface area contributed by atoms with Gasteiger partial charge < -0.3 is 15.1 Å². The minimum absolute atomic E-state index is 0.0524. The highest BCUT2D eigenvalue weighted by molar-refractivity contribution is 5.78. The van der Waals surface area contributed by atoms with Crippen molar-refractivity contribution in [1.82, 2.24) is 10.6 Å². The lowest BCUT2D eigenvalue weighted by atomic mass is 10.2. The molecule has 0 aliphatic rings. The first-order valence-corrected chi connectivity index (χ1v) is 5.30. The summed E-state index contributed by atoms with van der Waals surface area (Å²) in [5.74, 6) is 1.57. The Kier molecular flexibility index (Phi) is 4.79. The first-order chi connectivity index (χ1) is 7.63. The second-order valence-corrected chi connectivity index (χ2v) is 3.66. The Hall–Kier alpha value is -1.55. The van der Waals surface area contributed by atoms with E-state index < -0.39 is 0 Å². The van der Waals surface area contributed by atoms with Crippen LogP contribution in [0.5, 0.6) is 0 Å². The first-order valence-electron chi connectivity index (χ1n) is 5.30. The SMILES string of the molecule is C=CCNCC(=O)NC(C)c1ccc(C)o1. The number of furan rings is 1. The molecule has 0 aliphatic heterocycles. The van der Waals surface area contributed by atoms with Crippen molar-refractivity contribution < 1.29 is 9.21 Å². The minimum Gasteiger partial charge on any atom is -0.464 e. The van der Waals surface area contributed by atoms with Gasteiger partial charge in [0.25, 0.3) is 0 Å². The van der Waals surface area contributed by atoms with E-state index >= 15 is 0 Å². The second kappa shape index (κ2) is 6.12. The third-order valence-electron chi connectivity index (χ3n) is 2.14. The van der Waals surface area contributed by atoms with Gasteiger partial charge >= 0.3 is 0 Å². The van der Waals surface area contributed by atoms with E-state index in [1.54, 1.807) is 6.08 Å². The molecule has 1 amide bonds. The molecule has 0 fully saturated rings. The van der Waals surface area contributed by atoms with Crippen LogP contribution in [0.2, 0.25) is 0 Å². The normalized spacial score (nSPS) is 12.1. The molecule has 0 bridgehead atoms. The van der Waals surface area contributed by atoms with Crippen LogP contribution in [0.3, 0.4) is 0 Å². The predicted octanol–water partition coefficient (Wildman–Crippen LogP) is 1.54. The molecule has 88 valence electrons. The summed E-state index contributed by atoms with van der Waals surface area (Å²) >= 11 is 0. The standard InChI is InChI=1S/C12H18N2O2/c1-4-7-13-8-12(15)14-10(3)11-6-5-9(2)16-11/h4-6,10,13H,1,7-8H2,2-3H3,(H,14,15). The molecule has 0 aromatic carbocycles. The summed E-state index contributed by atoms with van der Waals surface area (Å²) in [6.45, 7) is 8.25. The van der Waals surface area contributed by atoms with Gasteiger partial charge in [0.2, 0.25) is 5.91 Å². The van der Waals surface area contributed by atoms with Gasteiger partial charge in [0.1, 0.15) is 11.5 Å². The number of amides is 1. The number of carbonyl (C=O) groups excluding carboxylic acids is 1. The number of hydrogen-bond acceptors (Lipinski definition) is 3. The smallest absolute Gasteiger partial charge is 0.234 e. The molecule has 2 N–H and O–H groups in total. The number of nitrogens with one attached hydrogen (secondary N) is 2. The maximum atomic E-state index is 11.5. The largest absolute Gasteiger partial charge is 0.464 e.